The third-order valence-corrected chi connectivity index (χ3v) is 8.25. The molecule has 28 heavy (non-hydrogen) atoms. The number of hydrogen-bond acceptors (Lipinski definition) is 3. The molecule has 1 amide bonds. The summed E-state index contributed by atoms with van der Waals surface area (Å²) in [5.74, 6) is 0.547. The summed E-state index contributed by atoms with van der Waals surface area (Å²) < 4.78 is 0. The molecule has 3 rings (SSSR count). The van der Waals surface area contributed by atoms with E-state index in [2.05, 4.69) is 5.32 Å². The Kier molecular flexibility index (Phi) is 6.73. The van der Waals surface area contributed by atoms with Crippen molar-refractivity contribution in [2.75, 3.05) is 5.32 Å². The second-order valence-electron chi connectivity index (χ2n) is 9.20. The van der Waals surface area contributed by atoms with Crippen molar-refractivity contribution < 1.29 is 9.59 Å². The van der Waals surface area contributed by atoms with Crippen LogP contribution < -0.4 is 5.32 Å². The van der Waals surface area contributed by atoms with Gasteiger partial charge in [0.1, 0.15) is 0 Å². The van der Waals surface area contributed by atoms with Crippen LogP contribution in [0, 0.1) is 16.7 Å². The number of anilines is 1. The Morgan fingerprint density at radius 1 is 1.04 bits per heavy atom. The van der Waals surface area contributed by atoms with E-state index in [1.807, 2.05) is 20.8 Å². The molecule has 1 aromatic carbocycles. The molecular weight excluding hydrogens is 413 g/mol. The lowest BCUT2D eigenvalue weighted by atomic mass is 9.59. The maximum Gasteiger partial charge on any atom is 0.230 e. The average molecular weight is 442 g/mol. The molecule has 2 aliphatic rings. The van der Waals surface area contributed by atoms with Crippen molar-refractivity contribution in [3.63, 3.8) is 0 Å². The highest BCUT2D eigenvalue weighted by atomic mass is 35.5. The Labute approximate surface area is 182 Å². The zero-order valence-corrected chi connectivity index (χ0v) is 19.2. The van der Waals surface area contributed by atoms with Crippen LogP contribution in [-0.4, -0.2) is 11.0 Å². The van der Waals surface area contributed by atoms with Crippen LogP contribution >= 0.6 is 35.0 Å². The van der Waals surface area contributed by atoms with Crippen molar-refractivity contribution >= 4 is 51.7 Å². The molecule has 0 radical (unpaired) electrons. The van der Waals surface area contributed by atoms with Crippen LogP contribution in [0.4, 0.5) is 5.69 Å². The molecule has 6 heteroatoms. The fraction of sp³-hybridized carbons (Fsp3) is 0.636. The summed E-state index contributed by atoms with van der Waals surface area (Å²) in [5.41, 5.74) is -0.182. The zero-order valence-electron chi connectivity index (χ0n) is 16.9. The van der Waals surface area contributed by atoms with Crippen molar-refractivity contribution in [3.05, 3.63) is 22.2 Å². The van der Waals surface area contributed by atoms with Crippen LogP contribution in [-0.2, 0) is 9.59 Å². The van der Waals surface area contributed by atoms with E-state index < -0.39 is 5.41 Å². The van der Waals surface area contributed by atoms with Gasteiger partial charge in [0.2, 0.25) is 5.91 Å². The molecule has 3 nitrogen and oxygen atoms in total. The van der Waals surface area contributed by atoms with Gasteiger partial charge in [-0.05, 0) is 55.5 Å². The predicted molar refractivity (Wildman–Crippen MR) is 118 cm³/mol. The maximum atomic E-state index is 13.5. The Balaban J connectivity index is 1.89. The summed E-state index contributed by atoms with van der Waals surface area (Å²) in [6, 6.07) is 3.36. The summed E-state index contributed by atoms with van der Waals surface area (Å²) in [4.78, 5) is 26.7. The van der Waals surface area contributed by atoms with Crippen LogP contribution in [0.2, 0.25) is 10.0 Å². The first kappa shape index (κ1) is 22.0. The number of halogens is 2. The molecule has 154 valence electrons. The number of rotatable bonds is 3. The largest absolute Gasteiger partial charge is 0.325 e. The number of fused-ring (bicyclic) bond motifs is 1. The molecule has 0 bridgehead atoms. The quantitative estimate of drug-likeness (QED) is 0.498. The van der Waals surface area contributed by atoms with Gasteiger partial charge >= 0.3 is 0 Å². The molecule has 0 unspecified atom stereocenters. The molecule has 0 aliphatic heterocycles. The SMILES string of the molecule is CC(C)(C)C(=O)Sc1cc(Cl)c(Cl)cc1NC(=O)[C@]12CCCC[C@@H]1CCCC2. The first-order valence-corrected chi connectivity index (χ1v) is 11.7. The van der Waals surface area contributed by atoms with Crippen LogP contribution in [0.25, 0.3) is 0 Å². The first-order chi connectivity index (χ1) is 13.1. The maximum absolute atomic E-state index is 13.5. The fourth-order valence-corrected chi connectivity index (χ4v) is 5.81. The monoisotopic (exact) mass is 441 g/mol. The van der Waals surface area contributed by atoms with Crippen molar-refractivity contribution in [2.45, 2.75) is 77.0 Å². The highest BCUT2D eigenvalue weighted by Gasteiger charge is 2.47. The van der Waals surface area contributed by atoms with Crippen LogP contribution in [0.3, 0.4) is 0 Å². The molecule has 1 aromatic rings. The first-order valence-electron chi connectivity index (χ1n) is 10.2. The number of hydrogen-bond donors (Lipinski definition) is 1. The fourth-order valence-electron chi connectivity index (χ4n) is 4.52. The van der Waals surface area contributed by atoms with Crippen LogP contribution in [0.5, 0.6) is 0 Å². The number of amides is 1. The molecule has 0 saturated heterocycles. The minimum Gasteiger partial charge on any atom is -0.325 e. The zero-order chi connectivity index (χ0) is 20.5. The Hall–Kier alpha value is -0.710. The van der Waals surface area contributed by atoms with Crippen LogP contribution in [0.1, 0.15) is 72.1 Å². The third-order valence-electron chi connectivity index (χ3n) is 6.17. The van der Waals surface area contributed by atoms with E-state index in [1.54, 1.807) is 12.1 Å². The summed E-state index contributed by atoms with van der Waals surface area (Å²) in [6.45, 7) is 5.64. The number of benzene rings is 1. The molecule has 0 atom stereocenters. The number of carbonyl (C=O) groups excluding carboxylic acids is 2. The van der Waals surface area contributed by atoms with Crippen molar-refractivity contribution in [1.82, 2.24) is 0 Å². The van der Waals surface area contributed by atoms with E-state index >= 15 is 0 Å². The Bertz CT molecular complexity index is 761. The van der Waals surface area contributed by atoms with E-state index in [4.69, 9.17) is 23.2 Å². The van der Waals surface area contributed by atoms with Gasteiger partial charge in [0.15, 0.2) is 5.12 Å². The smallest absolute Gasteiger partial charge is 0.230 e. The number of nitrogens with one attached hydrogen (secondary N) is 1. The van der Waals surface area contributed by atoms with Gasteiger partial charge in [0.25, 0.3) is 0 Å². The number of thioether (sulfide) groups is 1. The van der Waals surface area contributed by atoms with Gasteiger partial charge in [0.05, 0.1) is 21.1 Å². The van der Waals surface area contributed by atoms with Crippen LogP contribution in [0.15, 0.2) is 17.0 Å². The normalized spacial score (nSPS) is 25.1. The topological polar surface area (TPSA) is 46.2 Å². The van der Waals surface area contributed by atoms with Gasteiger partial charge in [-0.3, -0.25) is 9.59 Å². The van der Waals surface area contributed by atoms with Gasteiger partial charge in [-0.25, -0.2) is 0 Å². The average Bonchev–Trinajstić information content (AvgIpc) is 2.64. The predicted octanol–water partition coefficient (Wildman–Crippen LogP) is 7.35. The summed E-state index contributed by atoms with van der Waals surface area (Å²) in [5, 5.41) is 3.93. The van der Waals surface area contributed by atoms with Gasteiger partial charge in [-0.1, -0.05) is 69.7 Å². The third kappa shape index (κ3) is 4.55. The minimum atomic E-state index is -0.491. The molecule has 0 heterocycles. The lowest BCUT2D eigenvalue weighted by molar-refractivity contribution is -0.133. The lowest BCUT2D eigenvalue weighted by Crippen LogP contribution is -2.46. The highest BCUT2D eigenvalue weighted by Crippen LogP contribution is 2.51. The summed E-state index contributed by atoms with van der Waals surface area (Å²) in [7, 11) is 0. The standard InChI is InChI=1S/C22H29Cl2NO2S/c1-21(2,3)20(27)28-18-13-16(24)15(23)12-17(18)25-19(26)22-10-6-4-8-14(22)9-5-7-11-22/h12-14H,4-11H2,1-3H3,(H,25,26)/t14-,22+. The molecule has 1 N–H and O–H groups in total. The summed E-state index contributed by atoms with van der Waals surface area (Å²) >= 11 is 13.6. The van der Waals surface area contributed by atoms with E-state index in [0.29, 0.717) is 26.5 Å². The van der Waals surface area contributed by atoms with Crippen molar-refractivity contribution in [1.29, 1.82) is 0 Å². The Morgan fingerprint density at radius 3 is 2.18 bits per heavy atom. The molecule has 0 spiro atoms. The van der Waals surface area contributed by atoms with Gasteiger partial charge in [-0.2, -0.15) is 0 Å². The van der Waals surface area contributed by atoms with Gasteiger partial charge in [0, 0.05) is 10.3 Å². The summed E-state index contributed by atoms with van der Waals surface area (Å²) in [6.07, 6.45) is 8.83. The Morgan fingerprint density at radius 2 is 1.61 bits per heavy atom. The molecule has 2 saturated carbocycles. The van der Waals surface area contributed by atoms with Gasteiger partial charge < -0.3 is 5.32 Å². The second-order valence-corrected chi connectivity index (χ2v) is 11.0. The van der Waals surface area contributed by atoms with Crippen molar-refractivity contribution in [3.8, 4) is 0 Å². The van der Waals surface area contributed by atoms with Gasteiger partial charge in [-0.15, -0.1) is 0 Å². The molecular formula is C22H29Cl2NO2S. The van der Waals surface area contributed by atoms with E-state index in [1.165, 1.54) is 12.8 Å². The van der Waals surface area contributed by atoms with Crippen molar-refractivity contribution in [2.24, 2.45) is 16.7 Å². The molecule has 2 aliphatic carbocycles. The lowest BCUT2D eigenvalue weighted by Gasteiger charge is -2.46. The van der Waals surface area contributed by atoms with E-state index in [-0.39, 0.29) is 16.4 Å². The van der Waals surface area contributed by atoms with E-state index in [9.17, 15) is 9.59 Å². The minimum absolute atomic E-state index is 0.0211. The highest BCUT2D eigenvalue weighted by molar-refractivity contribution is 8.13. The number of carbonyl (C=O) groups is 2. The van der Waals surface area contributed by atoms with E-state index in [0.717, 1.165) is 50.3 Å². The molecule has 2 fully saturated rings. The molecule has 0 aromatic heterocycles. The second kappa shape index (κ2) is 8.57.